The predicted octanol–water partition coefficient (Wildman–Crippen LogP) is 4.34. The van der Waals surface area contributed by atoms with E-state index in [1.807, 2.05) is 44.2 Å². The topological polar surface area (TPSA) is 70.8 Å². The van der Waals surface area contributed by atoms with Gasteiger partial charge in [0.05, 0.1) is 25.5 Å². The maximum atomic E-state index is 13.0. The van der Waals surface area contributed by atoms with Crippen molar-refractivity contribution in [2.24, 2.45) is 0 Å². The number of benzene rings is 1. The van der Waals surface area contributed by atoms with E-state index in [0.717, 1.165) is 11.1 Å². The van der Waals surface area contributed by atoms with Crippen LogP contribution in [-0.2, 0) is 14.3 Å². The van der Waals surface area contributed by atoms with Gasteiger partial charge in [0.25, 0.3) is 0 Å². The second-order valence-electron chi connectivity index (χ2n) is 7.13. The molecule has 3 rings (SSSR count). The van der Waals surface area contributed by atoms with Crippen LogP contribution >= 0.6 is 0 Å². The van der Waals surface area contributed by atoms with Crippen LogP contribution in [0.25, 0.3) is 6.08 Å². The molecule has 0 bridgehead atoms. The Bertz CT molecular complexity index is 945. The van der Waals surface area contributed by atoms with Gasteiger partial charge in [-0.05, 0) is 62.3 Å². The van der Waals surface area contributed by atoms with Crippen molar-refractivity contribution >= 4 is 17.5 Å². The number of ketones is 1. The Morgan fingerprint density at radius 1 is 1.21 bits per heavy atom. The van der Waals surface area contributed by atoms with E-state index in [2.05, 4.69) is 0 Å². The zero-order chi connectivity index (χ0) is 20.3. The van der Waals surface area contributed by atoms with Crippen molar-refractivity contribution in [3.63, 3.8) is 0 Å². The van der Waals surface area contributed by atoms with Gasteiger partial charge in [-0.3, -0.25) is 4.79 Å². The molecule has 0 unspecified atom stereocenters. The first-order chi connectivity index (χ1) is 13.3. The molecule has 1 aliphatic carbocycles. The lowest BCUT2D eigenvalue weighted by Gasteiger charge is -2.31. The molecule has 146 valence electrons. The van der Waals surface area contributed by atoms with Crippen molar-refractivity contribution in [3.05, 3.63) is 76.8 Å². The van der Waals surface area contributed by atoms with Gasteiger partial charge in [-0.15, -0.1) is 0 Å². The highest BCUT2D eigenvalue weighted by atomic mass is 16.5. The molecule has 0 fully saturated rings. The summed E-state index contributed by atoms with van der Waals surface area (Å²) in [6.07, 6.45) is 11.4. The molecule has 0 saturated carbocycles. The molecule has 0 radical (unpaired) electrons. The van der Waals surface area contributed by atoms with Crippen LogP contribution in [0, 0.1) is 0 Å². The first-order valence-electron chi connectivity index (χ1n) is 9.07. The van der Waals surface area contributed by atoms with Crippen LogP contribution in [0.3, 0.4) is 0 Å². The number of fused-ring (bicyclic) bond motifs is 1. The highest BCUT2D eigenvalue weighted by Gasteiger charge is 2.30. The summed E-state index contributed by atoms with van der Waals surface area (Å²) in [5.74, 6) is 1.73. The maximum Gasteiger partial charge on any atom is 0.185 e. The van der Waals surface area contributed by atoms with Crippen LogP contribution < -0.4 is 10.5 Å². The number of nitrogens with two attached hydrogens (primary N) is 1. The standard InChI is InChI=1S/C23H25NO4/c1-23(2)13-12-17-20(26-3)7-5-6-16(22(17)28-23)19(25)10-8-15-9-11-21(27-4)18(24)14-15/h5,7-14H,6,24H2,1-4H3. The molecule has 1 aromatic rings. The van der Waals surface area contributed by atoms with Gasteiger partial charge in [-0.2, -0.15) is 0 Å². The molecule has 1 heterocycles. The van der Waals surface area contributed by atoms with Crippen LogP contribution in [-0.4, -0.2) is 25.6 Å². The summed E-state index contributed by atoms with van der Waals surface area (Å²) in [5.41, 5.74) is 8.15. The molecule has 2 aliphatic rings. The molecule has 28 heavy (non-hydrogen) atoms. The number of ether oxygens (including phenoxy) is 3. The number of carbonyl (C=O) groups excluding carboxylic acids is 1. The maximum absolute atomic E-state index is 13.0. The lowest BCUT2D eigenvalue weighted by molar-refractivity contribution is -0.111. The molecule has 2 N–H and O–H groups in total. The number of hydrogen-bond acceptors (Lipinski definition) is 5. The summed E-state index contributed by atoms with van der Waals surface area (Å²) < 4.78 is 16.8. The van der Waals surface area contributed by atoms with Crippen molar-refractivity contribution in [1.29, 1.82) is 0 Å². The van der Waals surface area contributed by atoms with Gasteiger partial charge in [0.15, 0.2) is 5.78 Å². The Morgan fingerprint density at radius 2 is 2.00 bits per heavy atom. The van der Waals surface area contributed by atoms with Gasteiger partial charge in [-0.1, -0.05) is 18.2 Å². The zero-order valence-corrected chi connectivity index (χ0v) is 16.6. The van der Waals surface area contributed by atoms with Crippen LogP contribution in [0.4, 0.5) is 5.69 Å². The van der Waals surface area contributed by atoms with E-state index in [1.165, 1.54) is 0 Å². The van der Waals surface area contributed by atoms with Crippen molar-refractivity contribution < 1.29 is 19.0 Å². The normalized spacial score (nSPS) is 18.0. The number of nitrogen functional groups attached to an aromatic ring is 1. The van der Waals surface area contributed by atoms with E-state index in [-0.39, 0.29) is 5.78 Å². The Kier molecular flexibility index (Phi) is 5.45. The van der Waals surface area contributed by atoms with Gasteiger partial charge in [0.2, 0.25) is 0 Å². The molecule has 0 saturated heterocycles. The highest BCUT2D eigenvalue weighted by Crippen LogP contribution is 2.36. The second-order valence-corrected chi connectivity index (χ2v) is 7.13. The van der Waals surface area contributed by atoms with Crippen molar-refractivity contribution in [1.82, 2.24) is 0 Å². The summed E-state index contributed by atoms with van der Waals surface area (Å²) in [4.78, 5) is 13.0. The van der Waals surface area contributed by atoms with E-state index in [0.29, 0.717) is 34.9 Å². The smallest absolute Gasteiger partial charge is 0.185 e. The summed E-state index contributed by atoms with van der Waals surface area (Å²) in [7, 11) is 3.18. The van der Waals surface area contributed by atoms with Crippen LogP contribution in [0.5, 0.6) is 5.75 Å². The number of rotatable bonds is 5. The molecular weight excluding hydrogens is 354 g/mol. The lowest BCUT2D eigenvalue weighted by Crippen LogP contribution is -2.26. The third-order valence-electron chi connectivity index (χ3n) is 4.59. The first-order valence-corrected chi connectivity index (χ1v) is 9.07. The summed E-state index contributed by atoms with van der Waals surface area (Å²) in [6, 6.07) is 5.39. The average molecular weight is 379 g/mol. The van der Waals surface area contributed by atoms with Gasteiger partial charge in [-0.25, -0.2) is 0 Å². The lowest BCUT2D eigenvalue weighted by atomic mass is 9.96. The molecular formula is C23H25NO4. The van der Waals surface area contributed by atoms with E-state index in [9.17, 15) is 4.79 Å². The summed E-state index contributed by atoms with van der Waals surface area (Å²) in [6.45, 7) is 3.91. The van der Waals surface area contributed by atoms with Gasteiger partial charge in [0, 0.05) is 5.57 Å². The number of methoxy groups -OCH3 is 2. The van der Waals surface area contributed by atoms with Crippen LogP contribution in [0.2, 0.25) is 0 Å². The van der Waals surface area contributed by atoms with Gasteiger partial charge < -0.3 is 19.9 Å². The molecule has 0 aromatic heterocycles. The largest absolute Gasteiger partial charge is 0.496 e. The summed E-state index contributed by atoms with van der Waals surface area (Å²) in [5, 5.41) is 0. The molecule has 5 heteroatoms. The van der Waals surface area contributed by atoms with Crippen molar-refractivity contribution in [2.75, 3.05) is 20.0 Å². The van der Waals surface area contributed by atoms with Gasteiger partial charge >= 0.3 is 0 Å². The minimum atomic E-state index is -0.498. The fourth-order valence-corrected chi connectivity index (χ4v) is 3.12. The fourth-order valence-electron chi connectivity index (χ4n) is 3.12. The van der Waals surface area contributed by atoms with Crippen molar-refractivity contribution in [3.8, 4) is 5.75 Å². The van der Waals surface area contributed by atoms with E-state index >= 15 is 0 Å². The van der Waals surface area contributed by atoms with Crippen molar-refractivity contribution in [2.45, 2.75) is 25.9 Å². The number of hydrogen-bond donors (Lipinski definition) is 1. The van der Waals surface area contributed by atoms with E-state index < -0.39 is 5.60 Å². The highest BCUT2D eigenvalue weighted by molar-refractivity contribution is 6.07. The molecule has 1 aliphatic heterocycles. The van der Waals surface area contributed by atoms with E-state index in [4.69, 9.17) is 19.9 Å². The molecule has 5 nitrogen and oxygen atoms in total. The second kappa shape index (κ2) is 7.80. The Labute approximate surface area is 165 Å². The average Bonchev–Trinajstić information content (AvgIpc) is 2.84. The summed E-state index contributed by atoms with van der Waals surface area (Å²) >= 11 is 0. The monoisotopic (exact) mass is 379 g/mol. The quantitative estimate of drug-likeness (QED) is 0.609. The molecule has 0 amide bonds. The van der Waals surface area contributed by atoms with Gasteiger partial charge in [0.1, 0.15) is 22.9 Å². The van der Waals surface area contributed by atoms with Crippen LogP contribution in [0.1, 0.15) is 25.8 Å². The zero-order valence-electron chi connectivity index (χ0n) is 16.6. The Balaban J connectivity index is 1.96. The minimum absolute atomic E-state index is 0.116. The molecule has 0 spiro atoms. The predicted molar refractivity (Wildman–Crippen MR) is 111 cm³/mol. The van der Waals surface area contributed by atoms with Crippen LogP contribution in [0.15, 0.2) is 71.2 Å². The number of anilines is 1. The molecule has 0 atom stereocenters. The third-order valence-corrected chi connectivity index (χ3v) is 4.59. The Hall–Kier alpha value is -3.21. The number of allylic oxidation sites excluding steroid dienone is 5. The SMILES string of the molecule is COC1=C2C=CC(C)(C)OC2=C(C(=O)C=Cc2ccc(OC)c(N)c2)CC=C1. The third kappa shape index (κ3) is 4.03. The van der Waals surface area contributed by atoms with E-state index in [1.54, 1.807) is 38.5 Å². The first kappa shape index (κ1) is 19.5. The number of carbonyl (C=O) groups is 1. The minimum Gasteiger partial charge on any atom is -0.496 e. The Morgan fingerprint density at radius 3 is 2.68 bits per heavy atom. The molecule has 1 aromatic carbocycles. The fraction of sp³-hybridized carbons (Fsp3) is 0.261.